The van der Waals surface area contributed by atoms with E-state index in [-0.39, 0.29) is 0 Å². The van der Waals surface area contributed by atoms with E-state index >= 15 is 0 Å². The number of para-hydroxylation sites is 2. The number of rotatable bonds is 5. The summed E-state index contributed by atoms with van der Waals surface area (Å²) >= 11 is 0. The molecule has 0 unspecified atom stereocenters. The second kappa shape index (κ2) is 10.4. The molecule has 4 nitrogen and oxygen atoms in total. The molecule has 0 aliphatic heterocycles. The van der Waals surface area contributed by atoms with Crippen molar-refractivity contribution in [1.82, 2.24) is 9.97 Å². The number of benzene rings is 5. The first-order chi connectivity index (χ1) is 20.2. The molecule has 0 radical (unpaired) electrons. The number of fused-ring (bicyclic) bond motifs is 2. The number of nitrogens with zero attached hydrogens (tertiary/aromatic N) is 4. The van der Waals surface area contributed by atoms with Crippen LogP contribution in [-0.4, -0.2) is 9.97 Å². The second-order valence-electron chi connectivity index (χ2n) is 9.92. The summed E-state index contributed by atoms with van der Waals surface area (Å²) in [6, 6.07) is 47.6. The minimum Gasteiger partial charge on any atom is -0.311 e. The number of nitriles is 1. The van der Waals surface area contributed by atoms with E-state index in [4.69, 9.17) is 0 Å². The van der Waals surface area contributed by atoms with Crippen molar-refractivity contribution in [2.45, 2.75) is 0 Å². The molecule has 0 saturated carbocycles. The first-order valence-corrected chi connectivity index (χ1v) is 13.5. The van der Waals surface area contributed by atoms with Gasteiger partial charge < -0.3 is 4.90 Å². The number of hydrogen-bond donors (Lipinski definition) is 0. The summed E-state index contributed by atoms with van der Waals surface area (Å²) < 4.78 is 0. The molecular formula is C37H24N4. The molecular weight excluding hydrogens is 500 g/mol. The summed E-state index contributed by atoms with van der Waals surface area (Å²) in [5.41, 5.74) is 9.99. The lowest BCUT2D eigenvalue weighted by Gasteiger charge is -2.26. The van der Waals surface area contributed by atoms with Crippen LogP contribution in [0.2, 0.25) is 0 Å². The Hall–Kier alpha value is -5.79. The van der Waals surface area contributed by atoms with Gasteiger partial charge in [0, 0.05) is 51.4 Å². The molecule has 0 bridgehead atoms. The van der Waals surface area contributed by atoms with E-state index < -0.39 is 0 Å². The van der Waals surface area contributed by atoms with Crippen LogP contribution in [0, 0.1) is 11.3 Å². The Morgan fingerprint density at radius 1 is 0.463 bits per heavy atom. The lowest BCUT2D eigenvalue weighted by molar-refractivity contribution is 1.28. The molecule has 0 spiro atoms. The Balaban J connectivity index is 1.25. The Morgan fingerprint density at radius 2 is 0.878 bits per heavy atom. The normalized spacial score (nSPS) is 10.9. The van der Waals surface area contributed by atoms with Gasteiger partial charge in [-0.15, -0.1) is 0 Å². The molecule has 0 saturated heterocycles. The van der Waals surface area contributed by atoms with Crippen LogP contribution in [0.25, 0.3) is 44.1 Å². The summed E-state index contributed by atoms with van der Waals surface area (Å²) in [4.78, 5) is 11.5. The van der Waals surface area contributed by atoms with Gasteiger partial charge >= 0.3 is 0 Å². The van der Waals surface area contributed by atoms with Gasteiger partial charge in [0.25, 0.3) is 0 Å². The molecule has 0 N–H and O–H groups in total. The third-order valence-electron chi connectivity index (χ3n) is 7.35. The summed E-state index contributed by atoms with van der Waals surface area (Å²) in [5, 5.41) is 11.6. The molecule has 2 heterocycles. The Labute approximate surface area is 238 Å². The molecule has 7 aromatic rings. The van der Waals surface area contributed by atoms with Gasteiger partial charge in [-0.25, -0.2) is 0 Å². The lowest BCUT2D eigenvalue weighted by Crippen LogP contribution is -2.09. The molecule has 192 valence electrons. The van der Waals surface area contributed by atoms with Gasteiger partial charge in [-0.1, -0.05) is 60.7 Å². The zero-order chi connectivity index (χ0) is 27.6. The van der Waals surface area contributed by atoms with Crippen LogP contribution in [0.3, 0.4) is 0 Å². The smallest absolute Gasteiger partial charge is 0.0991 e. The molecule has 5 aromatic carbocycles. The fourth-order valence-corrected chi connectivity index (χ4v) is 5.20. The average molecular weight is 525 g/mol. The molecule has 0 amide bonds. The third-order valence-corrected chi connectivity index (χ3v) is 7.35. The van der Waals surface area contributed by atoms with Gasteiger partial charge in [-0.05, 0) is 83.9 Å². The van der Waals surface area contributed by atoms with Gasteiger partial charge in [0.05, 0.1) is 22.7 Å². The fourth-order valence-electron chi connectivity index (χ4n) is 5.20. The van der Waals surface area contributed by atoms with Crippen LogP contribution < -0.4 is 4.90 Å². The van der Waals surface area contributed by atoms with Crippen LogP contribution in [-0.2, 0) is 0 Å². The number of aromatic nitrogens is 2. The Bertz CT molecular complexity index is 1920. The SMILES string of the molecule is N#Cc1ccc(N(c2ccc(-c3cnc4ccccc4c3)cc2)c2ccc(-c3cnc4ccccc4c3)cc2)cc1. The van der Waals surface area contributed by atoms with Crippen molar-refractivity contribution < 1.29 is 0 Å². The predicted molar refractivity (Wildman–Crippen MR) is 167 cm³/mol. The predicted octanol–water partition coefficient (Wildman–Crippen LogP) is 9.46. The third kappa shape index (κ3) is 4.78. The zero-order valence-corrected chi connectivity index (χ0v) is 22.1. The zero-order valence-electron chi connectivity index (χ0n) is 22.1. The van der Waals surface area contributed by atoms with E-state index in [1.54, 1.807) is 0 Å². The average Bonchev–Trinajstić information content (AvgIpc) is 3.05. The number of hydrogen-bond acceptors (Lipinski definition) is 4. The van der Waals surface area contributed by atoms with Crippen LogP contribution in [0.15, 0.2) is 146 Å². The van der Waals surface area contributed by atoms with Gasteiger partial charge in [-0.3, -0.25) is 9.97 Å². The highest BCUT2D eigenvalue weighted by molar-refractivity contribution is 5.86. The topological polar surface area (TPSA) is 52.8 Å². The second-order valence-corrected chi connectivity index (χ2v) is 9.92. The molecule has 0 aliphatic rings. The van der Waals surface area contributed by atoms with Crippen molar-refractivity contribution in [1.29, 1.82) is 5.26 Å². The van der Waals surface area contributed by atoms with E-state index in [1.807, 2.05) is 73.1 Å². The van der Waals surface area contributed by atoms with Gasteiger partial charge in [0.15, 0.2) is 0 Å². The first-order valence-electron chi connectivity index (χ1n) is 13.5. The van der Waals surface area contributed by atoms with Crippen molar-refractivity contribution in [3.05, 3.63) is 151 Å². The maximum absolute atomic E-state index is 9.34. The van der Waals surface area contributed by atoms with Crippen LogP contribution in [0.5, 0.6) is 0 Å². The summed E-state index contributed by atoms with van der Waals surface area (Å²) in [7, 11) is 0. The molecule has 7 rings (SSSR count). The quantitative estimate of drug-likeness (QED) is 0.225. The minimum atomic E-state index is 0.631. The fraction of sp³-hybridized carbons (Fsp3) is 0. The first kappa shape index (κ1) is 24.3. The van der Waals surface area contributed by atoms with E-state index in [1.165, 1.54) is 0 Å². The maximum Gasteiger partial charge on any atom is 0.0991 e. The van der Waals surface area contributed by atoms with E-state index in [0.29, 0.717) is 5.56 Å². The summed E-state index contributed by atoms with van der Waals surface area (Å²) in [6.07, 6.45) is 3.85. The maximum atomic E-state index is 9.34. The minimum absolute atomic E-state index is 0.631. The monoisotopic (exact) mass is 524 g/mol. The van der Waals surface area contributed by atoms with E-state index in [0.717, 1.165) is 61.1 Å². The highest BCUT2D eigenvalue weighted by Gasteiger charge is 2.14. The summed E-state index contributed by atoms with van der Waals surface area (Å²) in [5.74, 6) is 0. The Morgan fingerprint density at radius 3 is 1.32 bits per heavy atom. The number of pyridine rings is 2. The van der Waals surface area contributed by atoms with Gasteiger partial charge in [-0.2, -0.15) is 5.26 Å². The van der Waals surface area contributed by atoms with Gasteiger partial charge in [0.2, 0.25) is 0 Å². The van der Waals surface area contributed by atoms with E-state index in [2.05, 4.69) is 93.7 Å². The van der Waals surface area contributed by atoms with Crippen LogP contribution >= 0.6 is 0 Å². The standard InChI is InChI=1S/C37H24N4/c38-23-26-9-15-33(16-10-26)41(34-17-11-27(12-18-34)31-21-29-5-1-3-7-36(29)39-24-31)35-19-13-28(14-20-35)32-22-30-6-2-4-8-37(30)40-25-32/h1-22,24-25H. The van der Waals surface area contributed by atoms with Crippen molar-refractivity contribution in [2.24, 2.45) is 0 Å². The molecule has 0 aliphatic carbocycles. The molecule has 2 aromatic heterocycles. The van der Waals surface area contributed by atoms with Crippen molar-refractivity contribution in [3.63, 3.8) is 0 Å². The molecule has 41 heavy (non-hydrogen) atoms. The molecule has 0 fully saturated rings. The lowest BCUT2D eigenvalue weighted by atomic mass is 10.0. The van der Waals surface area contributed by atoms with Crippen LogP contribution in [0.1, 0.15) is 5.56 Å². The Kier molecular flexibility index (Phi) is 6.16. The van der Waals surface area contributed by atoms with Crippen LogP contribution in [0.4, 0.5) is 17.1 Å². The number of anilines is 3. The highest BCUT2D eigenvalue weighted by atomic mass is 15.1. The van der Waals surface area contributed by atoms with E-state index in [9.17, 15) is 5.26 Å². The van der Waals surface area contributed by atoms with Gasteiger partial charge in [0.1, 0.15) is 0 Å². The van der Waals surface area contributed by atoms with Crippen molar-refractivity contribution in [3.8, 4) is 28.3 Å². The molecule has 4 heteroatoms. The highest BCUT2D eigenvalue weighted by Crippen LogP contribution is 2.37. The van der Waals surface area contributed by atoms with Crippen molar-refractivity contribution >= 4 is 38.9 Å². The molecule has 0 atom stereocenters. The summed E-state index contributed by atoms with van der Waals surface area (Å²) in [6.45, 7) is 0. The van der Waals surface area contributed by atoms with Crippen molar-refractivity contribution in [2.75, 3.05) is 4.90 Å². The largest absolute Gasteiger partial charge is 0.311 e.